The van der Waals surface area contributed by atoms with E-state index in [-0.39, 0.29) is 0 Å². The number of pyridine rings is 1. The van der Waals surface area contributed by atoms with Crippen molar-refractivity contribution in [3.05, 3.63) is 109 Å². The highest BCUT2D eigenvalue weighted by Gasteiger charge is 2.07. The van der Waals surface area contributed by atoms with Crippen LogP contribution in [0.15, 0.2) is 103 Å². The van der Waals surface area contributed by atoms with Crippen molar-refractivity contribution >= 4 is 11.8 Å². The van der Waals surface area contributed by atoms with Crippen molar-refractivity contribution in [3.63, 3.8) is 0 Å². The van der Waals surface area contributed by atoms with Crippen LogP contribution in [0, 0.1) is 0 Å². The molecule has 0 fully saturated rings. The highest BCUT2D eigenvalue weighted by molar-refractivity contribution is 5.64. The minimum atomic E-state index is 0.857. The van der Waals surface area contributed by atoms with Crippen LogP contribution in [0.4, 0.5) is 5.69 Å². The zero-order valence-corrected chi connectivity index (χ0v) is 16.5. The van der Waals surface area contributed by atoms with E-state index in [0.29, 0.717) is 0 Å². The number of methoxy groups -OCH3 is 2. The van der Waals surface area contributed by atoms with Crippen molar-refractivity contribution < 1.29 is 14.0 Å². The van der Waals surface area contributed by atoms with E-state index in [1.807, 2.05) is 48.5 Å². The Hall–Kier alpha value is -3.79. The first-order chi connectivity index (χ1) is 14.2. The monoisotopic (exact) mass is 383 g/mol. The van der Waals surface area contributed by atoms with Crippen molar-refractivity contribution in [2.24, 2.45) is 0 Å². The third-order valence-corrected chi connectivity index (χ3v) is 4.78. The molecule has 2 aromatic carbocycles. The molecule has 0 saturated carbocycles. The molecule has 4 heteroatoms. The number of allylic oxidation sites excluding steroid dienone is 3. The number of nitrogens with zero attached hydrogens (tertiary/aromatic N) is 2. The summed E-state index contributed by atoms with van der Waals surface area (Å²) in [5.74, 6) is 1.71. The minimum absolute atomic E-state index is 0.857. The lowest BCUT2D eigenvalue weighted by molar-refractivity contribution is -0.595. The van der Waals surface area contributed by atoms with Gasteiger partial charge in [0.2, 0.25) is 5.69 Å². The first-order valence-corrected chi connectivity index (χ1v) is 9.41. The van der Waals surface area contributed by atoms with E-state index in [0.717, 1.165) is 34.0 Å². The third-order valence-electron chi connectivity index (χ3n) is 4.78. The Morgan fingerprint density at radius 2 is 1.28 bits per heavy atom. The molecule has 0 spiro atoms. The van der Waals surface area contributed by atoms with Gasteiger partial charge in [-0.15, -0.1) is 0 Å². The molecule has 0 aliphatic carbocycles. The Morgan fingerprint density at radius 3 is 1.83 bits per heavy atom. The third kappa shape index (κ3) is 4.38. The molecule has 0 N–H and O–H groups in total. The van der Waals surface area contributed by atoms with Crippen LogP contribution < -0.4 is 18.9 Å². The fraction of sp³-hybridized carbons (Fsp3) is 0.0800. The van der Waals surface area contributed by atoms with Crippen LogP contribution in [0.1, 0.15) is 5.56 Å². The number of rotatable bonds is 5. The molecule has 3 aromatic rings. The van der Waals surface area contributed by atoms with Crippen LogP contribution in [-0.4, -0.2) is 14.2 Å². The van der Waals surface area contributed by atoms with Crippen LogP contribution in [-0.2, 0) is 0 Å². The van der Waals surface area contributed by atoms with Gasteiger partial charge in [-0.05, 0) is 65.8 Å². The number of ether oxygens (including phenoxy) is 2. The van der Waals surface area contributed by atoms with E-state index in [1.165, 1.54) is 0 Å². The average molecular weight is 383 g/mol. The molecule has 1 aromatic heterocycles. The number of hydrogen-bond acceptors (Lipinski definition) is 3. The summed E-state index contributed by atoms with van der Waals surface area (Å²) in [5.41, 5.74) is 4.49. The van der Waals surface area contributed by atoms with Gasteiger partial charge in [0.05, 0.1) is 14.2 Å². The van der Waals surface area contributed by atoms with Crippen molar-refractivity contribution in [1.82, 2.24) is 0 Å². The summed E-state index contributed by atoms with van der Waals surface area (Å²) in [4.78, 5) is 2.08. The van der Waals surface area contributed by atoms with E-state index < -0.39 is 0 Å². The summed E-state index contributed by atoms with van der Waals surface area (Å²) in [5, 5.41) is 0. The SMILES string of the molecule is COc1ccc(N2C=CC(=Cc3cc[n+](-c4ccc(OC)cc4)cc3)C=C2)cc1. The minimum Gasteiger partial charge on any atom is -0.497 e. The lowest BCUT2D eigenvalue weighted by atomic mass is 10.1. The summed E-state index contributed by atoms with van der Waals surface area (Å²) >= 11 is 0. The summed E-state index contributed by atoms with van der Waals surface area (Å²) in [6, 6.07) is 20.2. The molecule has 1 aliphatic heterocycles. The van der Waals surface area contributed by atoms with Gasteiger partial charge in [-0.25, -0.2) is 0 Å². The maximum Gasteiger partial charge on any atom is 0.210 e. The van der Waals surface area contributed by atoms with Crippen LogP contribution in [0.3, 0.4) is 0 Å². The van der Waals surface area contributed by atoms with E-state index in [2.05, 4.69) is 64.6 Å². The van der Waals surface area contributed by atoms with Gasteiger partial charge in [-0.2, -0.15) is 4.57 Å². The first kappa shape index (κ1) is 18.6. The predicted molar refractivity (Wildman–Crippen MR) is 116 cm³/mol. The topological polar surface area (TPSA) is 25.6 Å². The number of benzene rings is 2. The molecule has 4 nitrogen and oxygen atoms in total. The zero-order valence-electron chi connectivity index (χ0n) is 16.5. The van der Waals surface area contributed by atoms with Gasteiger partial charge in [-0.1, -0.05) is 0 Å². The zero-order chi connectivity index (χ0) is 20.1. The highest BCUT2D eigenvalue weighted by atomic mass is 16.5. The molecule has 1 aliphatic rings. The molecular weight excluding hydrogens is 360 g/mol. The highest BCUT2D eigenvalue weighted by Crippen LogP contribution is 2.23. The Kier molecular flexibility index (Phi) is 5.43. The van der Waals surface area contributed by atoms with Crippen LogP contribution >= 0.6 is 0 Å². The fourth-order valence-electron chi connectivity index (χ4n) is 3.11. The molecule has 0 amide bonds. The molecule has 0 radical (unpaired) electrons. The maximum atomic E-state index is 5.22. The quantitative estimate of drug-likeness (QED) is 0.586. The van der Waals surface area contributed by atoms with Gasteiger partial charge in [0.25, 0.3) is 0 Å². The van der Waals surface area contributed by atoms with E-state index in [9.17, 15) is 0 Å². The van der Waals surface area contributed by atoms with E-state index in [4.69, 9.17) is 9.47 Å². The smallest absolute Gasteiger partial charge is 0.210 e. The van der Waals surface area contributed by atoms with Crippen LogP contribution in [0.2, 0.25) is 0 Å². The Morgan fingerprint density at radius 1 is 0.724 bits per heavy atom. The average Bonchev–Trinajstić information content (AvgIpc) is 2.80. The molecule has 0 bridgehead atoms. The fourth-order valence-corrected chi connectivity index (χ4v) is 3.11. The second-order valence-corrected chi connectivity index (χ2v) is 6.62. The van der Waals surface area contributed by atoms with Gasteiger partial charge in [-0.3, -0.25) is 0 Å². The van der Waals surface area contributed by atoms with Crippen molar-refractivity contribution in [1.29, 1.82) is 0 Å². The van der Waals surface area contributed by atoms with Crippen molar-refractivity contribution in [2.45, 2.75) is 0 Å². The summed E-state index contributed by atoms with van der Waals surface area (Å²) in [6.07, 6.45) is 14.6. The maximum absolute atomic E-state index is 5.22. The summed E-state index contributed by atoms with van der Waals surface area (Å²) in [6.45, 7) is 0. The first-order valence-electron chi connectivity index (χ1n) is 9.41. The predicted octanol–water partition coefficient (Wildman–Crippen LogP) is 4.91. The number of anilines is 1. The Labute approximate surface area is 171 Å². The van der Waals surface area contributed by atoms with Crippen molar-refractivity contribution in [2.75, 3.05) is 19.1 Å². The van der Waals surface area contributed by atoms with Gasteiger partial charge < -0.3 is 14.4 Å². The van der Waals surface area contributed by atoms with Crippen LogP contribution in [0.5, 0.6) is 11.5 Å². The molecule has 0 unspecified atom stereocenters. The molecule has 2 heterocycles. The Bertz CT molecular complexity index is 1030. The van der Waals surface area contributed by atoms with Gasteiger partial charge >= 0.3 is 0 Å². The van der Waals surface area contributed by atoms with Gasteiger partial charge in [0.1, 0.15) is 11.5 Å². The second-order valence-electron chi connectivity index (χ2n) is 6.62. The van der Waals surface area contributed by atoms with E-state index in [1.54, 1.807) is 14.2 Å². The second kappa shape index (κ2) is 8.48. The van der Waals surface area contributed by atoms with Gasteiger partial charge in [0.15, 0.2) is 12.4 Å². The standard InChI is InChI=1S/C25H23N2O2/c1-28-24-7-3-22(4-8-24)26-15-11-20(12-16-26)19-21-13-17-27(18-14-21)23-5-9-25(29-2)10-6-23/h3-19H,1-2H3/q+1. The molecular formula is C25H23N2O2+. The molecule has 0 saturated heterocycles. The lowest BCUT2D eigenvalue weighted by Crippen LogP contribution is -2.29. The molecule has 144 valence electrons. The van der Waals surface area contributed by atoms with E-state index >= 15 is 0 Å². The van der Waals surface area contributed by atoms with Gasteiger partial charge in [0, 0.05) is 42.4 Å². The van der Waals surface area contributed by atoms with Crippen LogP contribution in [0.25, 0.3) is 11.8 Å². The largest absolute Gasteiger partial charge is 0.497 e. The van der Waals surface area contributed by atoms with Crippen molar-refractivity contribution in [3.8, 4) is 17.2 Å². The molecule has 0 atom stereocenters. The summed E-state index contributed by atoms with van der Waals surface area (Å²) in [7, 11) is 3.35. The number of aromatic nitrogens is 1. The number of hydrogen-bond donors (Lipinski definition) is 0. The Balaban J connectivity index is 1.45. The summed E-state index contributed by atoms with van der Waals surface area (Å²) < 4.78 is 12.5. The molecule has 4 rings (SSSR count). The molecule has 29 heavy (non-hydrogen) atoms. The lowest BCUT2D eigenvalue weighted by Gasteiger charge is -2.19. The normalized spacial score (nSPS) is 12.8.